The normalized spacial score (nSPS) is 22.3. The van der Waals surface area contributed by atoms with E-state index in [0.29, 0.717) is 30.5 Å². The van der Waals surface area contributed by atoms with E-state index in [4.69, 9.17) is 0 Å². The first-order valence-electron chi connectivity index (χ1n) is 10.2. The average Bonchev–Trinajstić information content (AvgIpc) is 2.72. The number of nitrogens with one attached hydrogen (secondary N) is 1. The first-order chi connectivity index (χ1) is 13.2. The van der Waals surface area contributed by atoms with E-state index in [1.807, 2.05) is 24.3 Å². The standard InChI is InChI=1S/C22H27N3O2/c26-21(25-15-5-7-16-6-1-4-10-20(16)25)12-14-24-22(27)18-11-13-23-19-9-3-2-8-17(18)19/h2-3,8-9,11,13,16,20H,1,4-7,10,12,14-15H2,(H,24,27). The van der Waals surface area contributed by atoms with Gasteiger partial charge in [0.15, 0.2) is 0 Å². The average molecular weight is 365 g/mol. The molecule has 5 nitrogen and oxygen atoms in total. The van der Waals surface area contributed by atoms with Crippen LogP contribution in [-0.2, 0) is 4.79 Å². The lowest BCUT2D eigenvalue weighted by Gasteiger charge is -2.44. The quantitative estimate of drug-likeness (QED) is 0.901. The van der Waals surface area contributed by atoms with Gasteiger partial charge in [0.05, 0.1) is 11.1 Å². The molecule has 2 unspecified atom stereocenters. The second kappa shape index (κ2) is 8.07. The van der Waals surface area contributed by atoms with Crippen molar-refractivity contribution >= 4 is 22.7 Å². The molecule has 1 aromatic carbocycles. The summed E-state index contributed by atoms with van der Waals surface area (Å²) in [5.41, 5.74) is 1.41. The van der Waals surface area contributed by atoms with Crippen LogP contribution in [0, 0.1) is 5.92 Å². The van der Waals surface area contributed by atoms with Crippen molar-refractivity contribution in [1.29, 1.82) is 0 Å². The van der Waals surface area contributed by atoms with Gasteiger partial charge >= 0.3 is 0 Å². The van der Waals surface area contributed by atoms with Crippen molar-refractivity contribution in [2.24, 2.45) is 5.92 Å². The van der Waals surface area contributed by atoms with Crippen LogP contribution in [0.15, 0.2) is 36.5 Å². The number of carbonyl (C=O) groups excluding carboxylic acids is 2. The molecular formula is C22H27N3O2. The van der Waals surface area contributed by atoms with Crippen molar-refractivity contribution in [2.45, 2.75) is 51.0 Å². The minimum Gasteiger partial charge on any atom is -0.351 e. The lowest BCUT2D eigenvalue weighted by atomic mass is 9.78. The largest absolute Gasteiger partial charge is 0.351 e. The van der Waals surface area contributed by atoms with Crippen LogP contribution in [0.25, 0.3) is 10.9 Å². The summed E-state index contributed by atoms with van der Waals surface area (Å²) in [5.74, 6) is 0.733. The number of aromatic nitrogens is 1. The molecule has 1 aliphatic carbocycles. The van der Waals surface area contributed by atoms with Gasteiger partial charge in [-0.2, -0.15) is 0 Å². The lowest BCUT2D eigenvalue weighted by molar-refractivity contribution is -0.137. The second-order valence-corrected chi connectivity index (χ2v) is 7.72. The summed E-state index contributed by atoms with van der Waals surface area (Å²) in [5, 5.41) is 3.76. The van der Waals surface area contributed by atoms with Crippen molar-refractivity contribution in [2.75, 3.05) is 13.1 Å². The van der Waals surface area contributed by atoms with Crippen LogP contribution < -0.4 is 5.32 Å². The molecule has 1 saturated heterocycles. The molecule has 2 amide bonds. The number of piperidine rings is 1. The van der Waals surface area contributed by atoms with Crippen LogP contribution in [-0.4, -0.2) is 40.8 Å². The number of rotatable bonds is 4. The predicted molar refractivity (Wildman–Crippen MR) is 105 cm³/mol. The number of benzene rings is 1. The van der Waals surface area contributed by atoms with Gasteiger partial charge in [-0.15, -0.1) is 0 Å². The molecule has 0 radical (unpaired) electrons. The van der Waals surface area contributed by atoms with E-state index in [2.05, 4.69) is 15.2 Å². The molecule has 2 aliphatic rings. The van der Waals surface area contributed by atoms with Crippen LogP contribution in [0.2, 0.25) is 0 Å². The van der Waals surface area contributed by atoms with Crippen LogP contribution >= 0.6 is 0 Å². The van der Waals surface area contributed by atoms with E-state index in [9.17, 15) is 9.59 Å². The Balaban J connectivity index is 1.35. The summed E-state index contributed by atoms with van der Waals surface area (Å²) in [4.78, 5) is 31.7. The zero-order valence-corrected chi connectivity index (χ0v) is 15.7. The number of carbonyl (C=O) groups is 2. The monoisotopic (exact) mass is 365 g/mol. The van der Waals surface area contributed by atoms with Crippen molar-refractivity contribution < 1.29 is 9.59 Å². The number of nitrogens with zero attached hydrogens (tertiary/aromatic N) is 2. The Morgan fingerprint density at radius 3 is 2.81 bits per heavy atom. The molecule has 2 atom stereocenters. The fourth-order valence-electron chi connectivity index (χ4n) is 4.75. The molecule has 1 N–H and O–H groups in total. The van der Waals surface area contributed by atoms with Gasteiger partial charge < -0.3 is 10.2 Å². The van der Waals surface area contributed by atoms with E-state index in [-0.39, 0.29) is 11.8 Å². The molecule has 0 spiro atoms. The second-order valence-electron chi connectivity index (χ2n) is 7.72. The summed E-state index contributed by atoms with van der Waals surface area (Å²) in [7, 11) is 0. The number of likely N-dealkylation sites (tertiary alicyclic amines) is 1. The lowest BCUT2D eigenvalue weighted by Crippen LogP contribution is -2.50. The summed E-state index contributed by atoms with van der Waals surface area (Å²) < 4.78 is 0. The Morgan fingerprint density at radius 2 is 1.89 bits per heavy atom. The third-order valence-electron chi connectivity index (χ3n) is 6.08. The van der Waals surface area contributed by atoms with Gasteiger partial charge in [0, 0.05) is 37.1 Å². The molecule has 2 fully saturated rings. The molecule has 1 aliphatic heterocycles. The summed E-state index contributed by atoms with van der Waals surface area (Å²) in [6.45, 7) is 1.26. The highest BCUT2D eigenvalue weighted by Gasteiger charge is 2.35. The van der Waals surface area contributed by atoms with E-state index >= 15 is 0 Å². The zero-order chi connectivity index (χ0) is 18.6. The van der Waals surface area contributed by atoms with Crippen molar-refractivity contribution in [1.82, 2.24) is 15.2 Å². The van der Waals surface area contributed by atoms with Crippen LogP contribution in [0.1, 0.15) is 55.3 Å². The van der Waals surface area contributed by atoms with Crippen molar-refractivity contribution in [3.05, 3.63) is 42.1 Å². The third kappa shape index (κ3) is 3.82. The highest BCUT2D eigenvalue weighted by molar-refractivity contribution is 6.06. The van der Waals surface area contributed by atoms with Crippen LogP contribution in [0.4, 0.5) is 0 Å². The minimum absolute atomic E-state index is 0.143. The Hall–Kier alpha value is -2.43. The topological polar surface area (TPSA) is 62.3 Å². The maximum absolute atomic E-state index is 12.7. The smallest absolute Gasteiger partial charge is 0.252 e. The number of amides is 2. The highest BCUT2D eigenvalue weighted by Crippen LogP contribution is 2.35. The van der Waals surface area contributed by atoms with Crippen LogP contribution in [0.3, 0.4) is 0 Å². The highest BCUT2D eigenvalue weighted by atomic mass is 16.2. The molecule has 0 bridgehead atoms. The zero-order valence-electron chi connectivity index (χ0n) is 15.7. The summed E-state index contributed by atoms with van der Waals surface area (Å²) in [6, 6.07) is 9.77. The SMILES string of the molecule is O=C(NCCC(=O)N1CCCC2CCCCC21)c1ccnc2ccccc12. The Bertz CT molecular complexity index is 828. The van der Waals surface area contributed by atoms with Gasteiger partial charge in [0.25, 0.3) is 5.91 Å². The Kier molecular flexibility index (Phi) is 5.37. The van der Waals surface area contributed by atoms with Gasteiger partial charge in [0.2, 0.25) is 5.91 Å². The molecule has 142 valence electrons. The van der Waals surface area contributed by atoms with E-state index in [1.54, 1.807) is 12.3 Å². The molecule has 27 heavy (non-hydrogen) atoms. The third-order valence-corrected chi connectivity index (χ3v) is 6.08. The number of hydrogen-bond donors (Lipinski definition) is 1. The fourth-order valence-corrected chi connectivity index (χ4v) is 4.75. The Morgan fingerprint density at radius 1 is 1.07 bits per heavy atom. The number of hydrogen-bond acceptors (Lipinski definition) is 3. The fraction of sp³-hybridized carbons (Fsp3) is 0.500. The number of para-hydroxylation sites is 1. The molecule has 1 saturated carbocycles. The van der Waals surface area contributed by atoms with E-state index in [1.165, 1.54) is 25.7 Å². The number of fused-ring (bicyclic) bond motifs is 2. The first-order valence-corrected chi connectivity index (χ1v) is 10.2. The molecule has 1 aromatic heterocycles. The molecule has 5 heteroatoms. The molecule has 2 heterocycles. The van der Waals surface area contributed by atoms with Gasteiger partial charge in [0.1, 0.15) is 0 Å². The first kappa shape index (κ1) is 18.0. The summed E-state index contributed by atoms with van der Waals surface area (Å²) in [6.07, 6.45) is 9.35. The molecular weight excluding hydrogens is 338 g/mol. The number of pyridine rings is 1. The van der Waals surface area contributed by atoms with Crippen LogP contribution in [0.5, 0.6) is 0 Å². The van der Waals surface area contributed by atoms with E-state index < -0.39 is 0 Å². The van der Waals surface area contributed by atoms with Crippen molar-refractivity contribution in [3.8, 4) is 0 Å². The van der Waals surface area contributed by atoms with E-state index in [0.717, 1.165) is 30.3 Å². The molecule has 2 aromatic rings. The van der Waals surface area contributed by atoms with Crippen molar-refractivity contribution in [3.63, 3.8) is 0 Å². The maximum Gasteiger partial charge on any atom is 0.252 e. The Labute approximate surface area is 160 Å². The predicted octanol–water partition coefficient (Wildman–Crippen LogP) is 3.54. The van der Waals surface area contributed by atoms with Gasteiger partial charge in [-0.25, -0.2) is 0 Å². The van der Waals surface area contributed by atoms with Gasteiger partial charge in [-0.05, 0) is 43.7 Å². The van der Waals surface area contributed by atoms with Gasteiger partial charge in [-0.1, -0.05) is 31.0 Å². The minimum atomic E-state index is -0.143. The molecule has 4 rings (SSSR count). The van der Waals surface area contributed by atoms with Gasteiger partial charge in [-0.3, -0.25) is 14.6 Å². The maximum atomic E-state index is 12.7. The summed E-state index contributed by atoms with van der Waals surface area (Å²) >= 11 is 0.